The average Bonchev–Trinajstić information content (AvgIpc) is 2.63. The van der Waals surface area contributed by atoms with E-state index in [-0.39, 0.29) is 17.2 Å². The van der Waals surface area contributed by atoms with E-state index in [0.717, 1.165) is 4.68 Å². The molecular weight excluding hydrogens is 362 g/mol. The number of aromatic nitrogens is 2. The minimum atomic E-state index is -1.04. The van der Waals surface area contributed by atoms with Gasteiger partial charge in [0.2, 0.25) is 11.7 Å². The van der Waals surface area contributed by atoms with Crippen molar-refractivity contribution in [1.82, 2.24) is 9.78 Å². The summed E-state index contributed by atoms with van der Waals surface area (Å²) >= 11 is 0. The second-order valence-corrected chi connectivity index (χ2v) is 7.37. The molecule has 1 atom stereocenters. The van der Waals surface area contributed by atoms with E-state index in [4.69, 9.17) is 4.74 Å². The normalized spacial score (nSPS) is 12.2. The molecule has 8 nitrogen and oxygen atoms in total. The van der Waals surface area contributed by atoms with E-state index in [9.17, 15) is 19.2 Å². The third kappa shape index (κ3) is 5.12. The first-order chi connectivity index (χ1) is 13.0. The number of ether oxygens (including phenoxy) is 1. The Hall–Kier alpha value is -3.29. The number of hydrogen-bond donors (Lipinski definition) is 1. The van der Waals surface area contributed by atoms with E-state index >= 15 is 0 Å². The van der Waals surface area contributed by atoms with Crippen LogP contribution in [0.4, 0.5) is 5.69 Å². The quantitative estimate of drug-likeness (QED) is 0.624. The van der Waals surface area contributed by atoms with E-state index in [1.807, 2.05) is 0 Å². The second kappa shape index (κ2) is 8.16. The SMILES string of the molecule is CC(OC(=O)c1ccc(=O)n(C)n1)C(=O)c1ccc(NC(=O)C(C)(C)C)cc1. The molecule has 0 saturated carbocycles. The Morgan fingerprint density at radius 3 is 2.21 bits per heavy atom. The molecule has 148 valence electrons. The zero-order valence-corrected chi connectivity index (χ0v) is 16.5. The van der Waals surface area contributed by atoms with Crippen LogP contribution in [0.25, 0.3) is 0 Å². The molecule has 1 unspecified atom stereocenters. The highest BCUT2D eigenvalue weighted by atomic mass is 16.5. The van der Waals surface area contributed by atoms with Gasteiger partial charge in [0.15, 0.2) is 11.8 Å². The lowest BCUT2D eigenvalue weighted by Gasteiger charge is -2.18. The zero-order chi connectivity index (χ0) is 21.1. The van der Waals surface area contributed by atoms with Crippen LogP contribution in [0, 0.1) is 5.41 Å². The van der Waals surface area contributed by atoms with Gasteiger partial charge in [0.1, 0.15) is 0 Å². The first-order valence-electron chi connectivity index (χ1n) is 8.70. The number of anilines is 1. The number of nitrogens with one attached hydrogen (secondary N) is 1. The van der Waals surface area contributed by atoms with Crippen LogP contribution in [-0.4, -0.2) is 33.5 Å². The van der Waals surface area contributed by atoms with Gasteiger partial charge in [-0.1, -0.05) is 20.8 Å². The Kier molecular flexibility index (Phi) is 6.12. The van der Waals surface area contributed by atoms with Crippen LogP contribution < -0.4 is 10.9 Å². The summed E-state index contributed by atoms with van der Waals surface area (Å²) in [7, 11) is 1.41. The fourth-order valence-electron chi connectivity index (χ4n) is 2.16. The molecule has 0 aliphatic rings. The molecule has 0 radical (unpaired) electrons. The van der Waals surface area contributed by atoms with E-state index in [1.54, 1.807) is 45.0 Å². The van der Waals surface area contributed by atoms with Gasteiger partial charge >= 0.3 is 5.97 Å². The fourth-order valence-corrected chi connectivity index (χ4v) is 2.16. The molecular formula is C20H23N3O5. The van der Waals surface area contributed by atoms with Crippen LogP contribution in [0.3, 0.4) is 0 Å². The molecule has 1 aromatic heterocycles. The summed E-state index contributed by atoms with van der Waals surface area (Å²) in [6, 6.07) is 8.76. The van der Waals surface area contributed by atoms with Gasteiger partial charge in [-0.05, 0) is 37.3 Å². The van der Waals surface area contributed by atoms with Crippen LogP contribution >= 0.6 is 0 Å². The maximum atomic E-state index is 12.5. The number of carbonyl (C=O) groups excluding carboxylic acids is 3. The molecule has 0 spiro atoms. The van der Waals surface area contributed by atoms with Crippen molar-refractivity contribution in [3.8, 4) is 0 Å². The highest BCUT2D eigenvalue weighted by molar-refractivity contribution is 6.02. The number of aryl methyl sites for hydroxylation is 1. The molecule has 0 aliphatic heterocycles. The predicted molar refractivity (Wildman–Crippen MR) is 103 cm³/mol. The average molecular weight is 385 g/mol. The summed E-state index contributed by atoms with van der Waals surface area (Å²) in [6.07, 6.45) is -1.04. The molecule has 0 aliphatic carbocycles. The summed E-state index contributed by atoms with van der Waals surface area (Å²) in [6.45, 7) is 6.86. The number of amides is 1. The van der Waals surface area contributed by atoms with Crippen LogP contribution in [0.5, 0.6) is 0 Å². The lowest BCUT2D eigenvalue weighted by Crippen LogP contribution is -2.28. The summed E-state index contributed by atoms with van der Waals surface area (Å²) in [4.78, 5) is 47.9. The lowest BCUT2D eigenvalue weighted by atomic mass is 9.95. The number of Topliss-reactive ketones (excluding diaryl/α,β-unsaturated/α-hetero) is 1. The molecule has 1 N–H and O–H groups in total. The molecule has 1 amide bonds. The minimum absolute atomic E-state index is 0.0676. The van der Waals surface area contributed by atoms with Crippen LogP contribution in [0.15, 0.2) is 41.2 Å². The van der Waals surface area contributed by atoms with Gasteiger partial charge in [0.25, 0.3) is 5.56 Å². The van der Waals surface area contributed by atoms with Crippen molar-refractivity contribution in [2.24, 2.45) is 12.5 Å². The van der Waals surface area contributed by atoms with Crippen LogP contribution in [-0.2, 0) is 16.6 Å². The Bertz CT molecular complexity index is 955. The number of nitrogens with zero attached hydrogens (tertiary/aromatic N) is 2. The zero-order valence-electron chi connectivity index (χ0n) is 16.5. The smallest absolute Gasteiger partial charge is 0.359 e. The Morgan fingerprint density at radius 2 is 1.68 bits per heavy atom. The van der Waals surface area contributed by atoms with Crippen molar-refractivity contribution < 1.29 is 19.1 Å². The number of esters is 1. The number of hydrogen-bond acceptors (Lipinski definition) is 6. The number of rotatable bonds is 5. The molecule has 0 saturated heterocycles. The van der Waals surface area contributed by atoms with E-state index in [1.165, 1.54) is 26.1 Å². The third-order valence-electron chi connectivity index (χ3n) is 3.93. The monoisotopic (exact) mass is 385 g/mol. The molecule has 28 heavy (non-hydrogen) atoms. The van der Waals surface area contributed by atoms with Gasteiger partial charge in [-0.3, -0.25) is 14.4 Å². The molecule has 8 heteroatoms. The maximum Gasteiger partial charge on any atom is 0.359 e. The first kappa shape index (κ1) is 21.0. The van der Waals surface area contributed by atoms with Crippen LogP contribution in [0.1, 0.15) is 48.5 Å². The highest BCUT2D eigenvalue weighted by Gasteiger charge is 2.23. The number of carbonyl (C=O) groups is 3. The second-order valence-electron chi connectivity index (χ2n) is 7.37. The summed E-state index contributed by atoms with van der Waals surface area (Å²) in [5, 5.41) is 6.56. The van der Waals surface area contributed by atoms with E-state index in [2.05, 4.69) is 10.4 Å². The maximum absolute atomic E-state index is 12.5. The van der Waals surface area contributed by atoms with Crippen molar-refractivity contribution in [2.75, 3.05) is 5.32 Å². The van der Waals surface area contributed by atoms with Gasteiger partial charge in [-0.25, -0.2) is 9.48 Å². The molecule has 2 rings (SSSR count). The van der Waals surface area contributed by atoms with Crippen molar-refractivity contribution in [3.05, 3.63) is 58.0 Å². The van der Waals surface area contributed by atoms with Crippen molar-refractivity contribution in [1.29, 1.82) is 0 Å². The summed E-state index contributed by atoms with van der Waals surface area (Å²) in [5.41, 5.74) is -0.0640. The van der Waals surface area contributed by atoms with E-state index in [0.29, 0.717) is 11.3 Å². The minimum Gasteiger partial charge on any atom is -0.449 e. The van der Waals surface area contributed by atoms with Gasteiger partial charge in [0.05, 0.1) is 0 Å². The molecule has 1 aromatic carbocycles. The molecule has 2 aromatic rings. The summed E-state index contributed by atoms with van der Waals surface area (Å²) in [5.74, 6) is -1.34. The lowest BCUT2D eigenvalue weighted by molar-refractivity contribution is -0.123. The largest absolute Gasteiger partial charge is 0.449 e. The number of benzene rings is 1. The molecule has 0 bridgehead atoms. The Labute approximate surface area is 162 Å². The first-order valence-corrected chi connectivity index (χ1v) is 8.70. The van der Waals surface area contributed by atoms with Crippen LogP contribution in [0.2, 0.25) is 0 Å². The molecule has 0 fully saturated rings. The predicted octanol–water partition coefficient (Wildman–Crippen LogP) is 2.19. The Morgan fingerprint density at radius 1 is 1.07 bits per heavy atom. The van der Waals surface area contributed by atoms with E-state index < -0.39 is 23.3 Å². The summed E-state index contributed by atoms with van der Waals surface area (Å²) < 4.78 is 6.16. The Balaban J connectivity index is 2.04. The topological polar surface area (TPSA) is 107 Å². The number of ketones is 1. The van der Waals surface area contributed by atoms with Gasteiger partial charge < -0.3 is 10.1 Å². The molecule has 1 heterocycles. The van der Waals surface area contributed by atoms with Gasteiger partial charge in [0, 0.05) is 29.8 Å². The van der Waals surface area contributed by atoms with Gasteiger partial charge in [-0.2, -0.15) is 5.10 Å². The van der Waals surface area contributed by atoms with Crippen molar-refractivity contribution in [3.63, 3.8) is 0 Å². The highest BCUT2D eigenvalue weighted by Crippen LogP contribution is 2.18. The van der Waals surface area contributed by atoms with Crippen molar-refractivity contribution in [2.45, 2.75) is 33.8 Å². The fraction of sp³-hybridized carbons (Fsp3) is 0.350. The van der Waals surface area contributed by atoms with Gasteiger partial charge in [-0.15, -0.1) is 0 Å². The third-order valence-corrected chi connectivity index (χ3v) is 3.93. The standard InChI is InChI=1S/C20H23N3O5/c1-12(28-18(26)15-10-11-16(24)23(5)22-15)17(25)13-6-8-14(9-7-13)21-19(27)20(2,3)4/h6-12H,1-5H3,(H,21,27). The van der Waals surface area contributed by atoms with Crippen molar-refractivity contribution >= 4 is 23.3 Å².